The maximum atomic E-state index is 12.6. The maximum Gasteiger partial charge on any atom is 0.246 e. The average molecular weight is 354 g/mol. The van der Waals surface area contributed by atoms with Gasteiger partial charge in [0.2, 0.25) is 20.0 Å². The Morgan fingerprint density at radius 3 is 2.05 bits per heavy atom. The van der Waals surface area contributed by atoms with E-state index in [9.17, 15) is 16.8 Å². The molecule has 0 aromatic heterocycles. The van der Waals surface area contributed by atoms with Crippen molar-refractivity contribution >= 4 is 37.3 Å². The summed E-state index contributed by atoms with van der Waals surface area (Å²) in [6, 6.07) is 4.49. The van der Waals surface area contributed by atoms with E-state index in [4.69, 9.17) is 17.3 Å². The number of hydrogen-bond donors (Lipinski definition) is 1. The Morgan fingerprint density at radius 1 is 1.05 bits per heavy atom. The van der Waals surface area contributed by atoms with Crippen LogP contribution in [0.3, 0.4) is 0 Å². The quantitative estimate of drug-likeness (QED) is 0.781. The van der Waals surface area contributed by atoms with Crippen molar-refractivity contribution in [1.29, 1.82) is 0 Å². The molecule has 0 radical (unpaired) electrons. The third-order valence-electron chi connectivity index (χ3n) is 3.26. The van der Waals surface area contributed by atoms with Crippen molar-refractivity contribution in [2.45, 2.75) is 4.90 Å². The molecule has 0 atom stereocenters. The fourth-order valence-electron chi connectivity index (χ4n) is 2.17. The number of nitrogen functional groups attached to an aromatic ring is 1. The van der Waals surface area contributed by atoms with Gasteiger partial charge in [-0.2, -0.15) is 8.61 Å². The molecule has 0 aliphatic carbocycles. The van der Waals surface area contributed by atoms with E-state index in [1.54, 1.807) is 6.07 Å². The first-order valence-electron chi connectivity index (χ1n) is 6.13. The number of nitrogens with zero attached hydrogens (tertiary/aromatic N) is 2. The second-order valence-electron chi connectivity index (χ2n) is 4.72. The monoisotopic (exact) mass is 353 g/mol. The Hall–Kier alpha value is -0.870. The van der Waals surface area contributed by atoms with Crippen molar-refractivity contribution in [3.63, 3.8) is 0 Å². The lowest BCUT2D eigenvalue weighted by Gasteiger charge is -2.32. The van der Waals surface area contributed by atoms with Crippen LogP contribution in [0.2, 0.25) is 5.02 Å². The van der Waals surface area contributed by atoms with E-state index in [1.807, 2.05) is 0 Å². The minimum atomic E-state index is -3.84. The van der Waals surface area contributed by atoms with Crippen molar-refractivity contribution < 1.29 is 16.8 Å². The van der Waals surface area contributed by atoms with Crippen LogP contribution in [-0.2, 0) is 20.0 Å². The molecule has 0 saturated carbocycles. The molecule has 1 aromatic rings. The lowest BCUT2D eigenvalue weighted by molar-refractivity contribution is 0.274. The predicted octanol–water partition coefficient (Wildman–Crippen LogP) is 0.188. The number of rotatable bonds is 3. The summed E-state index contributed by atoms with van der Waals surface area (Å²) in [6.07, 6.45) is 1.10. The first-order valence-corrected chi connectivity index (χ1v) is 9.80. The van der Waals surface area contributed by atoms with E-state index in [2.05, 4.69) is 0 Å². The molecular weight excluding hydrogens is 338 g/mol. The van der Waals surface area contributed by atoms with E-state index in [-0.39, 0.29) is 41.8 Å². The van der Waals surface area contributed by atoms with Crippen molar-refractivity contribution in [3.8, 4) is 0 Å². The molecule has 0 unspecified atom stereocenters. The van der Waals surface area contributed by atoms with Crippen molar-refractivity contribution in [2.75, 3.05) is 38.2 Å². The highest BCUT2D eigenvalue weighted by Gasteiger charge is 2.33. The van der Waals surface area contributed by atoms with Gasteiger partial charge in [0.25, 0.3) is 0 Å². The molecule has 0 amide bonds. The normalized spacial score (nSPS) is 18.8. The van der Waals surface area contributed by atoms with Crippen LogP contribution >= 0.6 is 11.6 Å². The molecule has 118 valence electrons. The van der Waals surface area contributed by atoms with Crippen LogP contribution in [0.15, 0.2) is 23.1 Å². The number of hydrogen-bond acceptors (Lipinski definition) is 5. The van der Waals surface area contributed by atoms with Gasteiger partial charge in [-0.1, -0.05) is 17.7 Å². The maximum absolute atomic E-state index is 12.6. The molecule has 1 aliphatic heterocycles. The summed E-state index contributed by atoms with van der Waals surface area (Å²) in [5, 5.41) is 0.0561. The Bertz CT molecular complexity index is 720. The summed E-state index contributed by atoms with van der Waals surface area (Å²) in [5.41, 5.74) is 5.79. The predicted molar refractivity (Wildman–Crippen MR) is 81.0 cm³/mol. The van der Waals surface area contributed by atoms with Crippen LogP contribution in [-0.4, -0.2) is 57.9 Å². The van der Waals surface area contributed by atoms with Crippen LogP contribution in [0.4, 0.5) is 5.69 Å². The molecule has 7 nitrogen and oxygen atoms in total. The number of nitrogens with two attached hydrogens (primary N) is 1. The third-order valence-corrected chi connectivity index (χ3v) is 7.01. The molecular formula is C11H16ClN3O4S2. The molecule has 2 rings (SSSR count). The number of sulfonamides is 2. The molecule has 1 aliphatic rings. The van der Waals surface area contributed by atoms with E-state index < -0.39 is 20.0 Å². The molecule has 0 bridgehead atoms. The number of benzene rings is 1. The van der Waals surface area contributed by atoms with Gasteiger partial charge in [-0.3, -0.25) is 0 Å². The molecule has 0 spiro atoms. The molecule has 1 fully saturated rings. The fourth-order valence-corrected chi connectivity index (χ4v) is 5.05. The summed E-state index contributed by atoms with van der Waals surface area (Å²) in [4.78, 5) is -0.125. The zero-order valence-electron chi connectivity index (χ0n) is 11.4. The van der Waals surface area contributed by atoms with Crippen LogP contribution in [0.5, 0.6) is 0 Å². The molecule has 1 heterocycles. The van der Waals surface area contributed by atoms with Crippen LogP contribution in [0.1, 0.15) is 0 Å². The first-order chi connectivity index (χ1) is 9.64. The van der Waals surface area contributed by atoms with Crippen LogP contribution < -0.4 is 5.73 Å². The number of piperazine rings is 1. The zero-order valence-corrected chi connectivity index (χ0v) is 13.7. The Kier molecular flexibility index (Phi) is 4.50. The minimum absolute atomic E-state index is 0.0561. The largest absolute Gasteiger partial charge is 0.398 e. The summed E-state index contributed by atoms with van der Waals surface area (Å²) < 4.78 is 50.5. The summed E-state index contributed by atoms with van der Waals surface area (Å²) >= 11 is 5.94. The average Bonchev–Trinajstić information content (AvgIpc) is 2.37. The molecule has 10 heteroatoms. The topological polar surface area (TPSA) is 101 Å². The van der Waals surface area contributed by atoms with Gasteiger partial charge >= 0.3 is 0 Å². The van der Waals surface area contributed by atoms with Crippen LogP contribution in [0, 0.1) is 0 Å². The minimum Gasteiger partial charge on any atom is -0.398 e. The Labute approximate surface area is 129 Å². The Balaban J connectivity index is 2.27. The van der Waals surface area contributed by atoms with Gasteiger partial charge in [-0.15, -0.1) is 0 Å². The van der Waals surface area contributed by atoms with Gasteiger partial charge in [0.1, 0.15) is 4.90 Å². The van der Waals surface area contributed by atoms with E-state index in [1.165, 1.54) is 20.7 Å². The van der Waals surface area contributed by atoms with Gasteiger partial charge in [0, 0.05) is 26.2 Å². The zero-order chi connectivity index (χ0) is 15.8. The summed E-state index contributed by atoms with van der Waals surface area (Å²) in [6.45, 7) is 0.366. The van der Waals surface area contributed by atoms with E-state index >= 15 is 0 Å². The van der Waals surface area contributed by atoms with E-state index in [0.717, 1.165) is 6.26 Å². The third kappa shape index (κ3) is 3.32. The second-order valence-corrected chi connectivity index (χ2v) is 8.99. The molecule has 21 heavy (non-hydrogen) atoms. The summed E-state index contributed by atoms with van der Waals surface area (Å²) in [5.74, 6) is 0. The molecule has 1 saturated heterocycles. The lowest BCUT2D eigenvalue weighted by atomic mass is 10.3. The number of anilines is 1. The Morgan fingerprint density at radius 2 is 1.57 bits per heavy atom. The van der Waals surface area contributed by atoms with Crippen molar-refractivity contribution in [1.82, 2.24) is 8.61 Å². The van der Waals surface area contributed by atoms with E-state index in [0.29, 0.717) is 0 Å². The summed E-state index contributed by atoms with van der Waals surface area (Å²) in [7, 11) is -7.15. The molecule has 2 N–H and O–H groups in total. The van der Waals surface area contributed by atoms with Gasteiger partial charge in [-0.05, 0) is 12.1 Å². The molecule has 1 aromatic carbocycles. The standard InChI is InChI=1S/C11H16ClN3O4S2/c1-20(16,17)14-5-7-15(8-6-14)21(18,19)11-9(12)3-2-4-10(11)13/h2-4H,5-8,13H2,1H3. The van der Waals surface area contributed by atoms with Gasteiger partial charge in [0.15, 0.2) is 0 Å². The first kappa shape index (κ1) is 16.5. The SMILES string of the molecule is CS(=O)(=O)N1CCN(S(=O)(=O)c2c(N)cccc2Cl)CC1. The lowest BCUT2D eigenvalue weighted by Crippen LogP contribution is -2.50. The van der Waals surface area contributed by atoms with Gasteiger partial charge in [0.05, 0.1) is 17.0 Å². The van der Waals surface area contributed by atoms with Crippen molar-refractivity contribution in [2.24, 2.45) is 0 Å². The number of halogens is 1. The fraction of sp³-hybridized carbons (Fsp3) is 0.455. The van der Waals surface area contributed by atoms with Crippen LogP contribution in [0.25, 0.3) is 0 Å². The van der Waals surface area contributed by atoms with Gasteiger partial charge < -0.3 is 5.73 Å². The van der Waals surface area contributed by atoms with Crippen molar-refractivity contribution in [3.05, 3.63) is 23.2 Å². The highest BCUT2D eigenvalue weighted by molar-refractivity contribution is 7.89. The highest BCUT2D eigenvalue weighted by Crippen LogP contribution is 2.30. The second kappa shape index (κ2) is 5.73. The highest BCUT2D eigenvalue weighted by atomic mass is 35.5. The smallest absolute Gasteiger partial charge is 0.246 e. The van der Waals surface area contributed by atoms with Gasteiger partial charge in [-0.25, -0.2) is 16.8 Å².